The highest BCUT2D eigenvalue weighted by Crippen LogP contribution is 2.60. The molecule has 7 atom stereocenters. The van der Waals surface area contributed by atoms with E-state index in [1.165, 1.54) is 6.92 Å². The number of likely N-dealkylation sites (tertiary alicyclic amines) is 1. The zero-order valence-electron chi connectivity index (χ0n) is 15.4. The molecule has 0 radical (unpaired) electrons. The van der Waals surface area contributed by atoms with Crippen LogP contribution < -0.4 is 0 Å². The predicted octanol–water partition coefficient (Wildman–Crippen LogP) is 3.34. The summed E-state index contributed by atoms with van der Waals surface area (Å²) in [5.41, 5.74) is 0.416. The monoisotopic (exact) mass is 589 g/mol. The van der Waals surface area contributed by atoms with E-state index in [0.717, 1.165) is 15.8 Å². The normalized spacial score (nSPS) is 33.7. The van der Waals surface area contributed by atoms with Crippen LogP contribution in [0.25, 0.3) is 0 Å². The average Bonchev–Trinajstić information content (AvgIpc) is 3.30. The van der Waals surface area contributed by atoms with E-state index in [0.29, 0.717) is 5.56 Å². The van der Waals surface area contributed by atoms with Crippen LogP contribution in [0, 0.1) is 23.7 Å². The van der Waals surface area contributed by atoms with Crippen molar-refractivity contribution in [3.8, 4) is 0 Å². The summed E-state index contributed by atoms with van der Waals surface area (Å²) in [5, 5.41) is 0. The third-order valence-corrected chi connectivity index (χ3v) is 10.00. The molecule has 2 saturated carbocycles. The maximum absolute atomic E-state index is 13.0. The Hall–Kier alpha value is -1.06. The van der Waals surface area contributed by atoms with Crippen molar-refractivity contribution in [1.29, 1.82) is 0 Å². The van der Waals surface area contributed by atoms with Crippen LogP contribution in [0.5, 0.6) is 0 Å². The molecule has 0 aromatic heterocycles. The Morgan fingerprint density at radius 3 is 2.10 bits per heavy atom. The second kappa shape index (κ2) is 7.89. The molecule has 4 rings (SSSR count). The van der Waals surface area contributed by atoms with Crippen LogP contribution in [0.2, 0.25) is 0 Å². The summed E-state index contributed by atoms with van der Waals surface area (Å²) in [6.45, 7) is 1.04. The predicted molar refractivity (Wildman–Crippen MR) is 115 cm³/mol. The summed E-state index contributed by atoms with van der Waals surface area (Å²) < 4.78 is 5.96. The summed E-state index contributed by atoms with van der Waals surface area (Å²) in [6, 6.07) is 5.64. The van der Waals surface area contributed by atoms with Gasteiger partial charge in [-0.3, -0.25) is 19.3 Å². The first-order valence-electron chi connectivity index (χ1n) is 9.32. The minimum Gasteiger partial charge on any atom is -0.456 e. The Morgan fingerprint density at radius 1 is 1.07 bits per heavy atom. The first-order chi connectivity index (χ1) is 13.7. The number of fused-ring (bicyclic) bond motifs is 5. The van der Waals surface area contributed by atoms with Gasteiger partial charge in [0.05, 0.1) is 11.8 Å². The Bertz CT molecular complexity index is 857. The van der Waals surface area contributed by atoms with E-state index in [1.54, 1.807) is 24.3 Å². The second-order valence-corrected chi connectivity index (χ2v) is 10.8. The lowest BCUT2D eigenvalue weighted by molar-refractivity contribution is -0.157. The van der Waals surface area contributed by atoms with Crippen molar-refractivity contribution in [1.82, 2.24) is 4.90 Å². The molecule has 1 aromatic rings. The number of benzene rings is 1. The number of imide groups is 1. The highest BCUT2D eigenvalue weighted by molar-refractivity contribution is 9.12. The molecule has 0 spiro atoms. The van der Waals surface area contributed by atoms with Crippen molar-refractivity contribution >= 4 is 71.4 Å². The molecule has 154 valence electrons. The van der Waals surface area contributed by atoms with Gasteiger partial charge in [0.1, 0.15) is 6.04 Å². The molecule has 1 aromatic carbocycles. The Morgan fingerprint density at radius 2 is 1.59 bits per heavy atom. The molecule has 1 heterocycles. The molecule has 2 bridgehead atoms. The number of carbonyl (C=O) groups excluding carboxylic acids is 4. The largest absolute Gasteiger partial charge is 0.456 e. The topological polar surface area (TPSA) is 80.8 Å². The van der Waals surface area contributed by atoms with Crippen LogP contribution in [-0.2, 0) is 19.1 Å². The minimum atomic E-state index is -1.06. The lowest BCUT2D eigenvalue weighted by atomic mass is 9.81. The number of ether oxygens (including phenoxy) is 1. The number of carbonyl (C=O) groups is 4. The summed E-state index contributed by atoms with van der Waals surface area (Å²) in [7, 11) is 0. The van der Waals surface area contributed by atoms with Crippen LogP contribution in [0.15, 0.2) is 28.7 Å². The van der Waals surface area contributed by atoms with Gasteiger partial charge in [0.2, 0.25) is 11.8 Å². The van der Waals surface area contributed by atoms with Crippen LogP contribution >= 0.6 is 47.8 Å². The number of hydrogen-bond acceptors (Lipinski definition) is 5. The van der Waals surface area contributed by atoms with Gasteiger partial charge in [-0.05, 0) is 37.3 Å². The number of esters is 1. The molecule has 1 aliphatic heterocycles. The molecule has 29 heavy (non-hydrogen) atoms. The number of hydrogen-bond donors (Lipinski definition) is 0. The standard InChI is InChI=1S/C20H18Br3NO5/c1-8(20(28)29-7-13(25)9-2-4-10(21)5-3-9)24-18(26)14-11-6-12(15(14)19(24)27)17(23)16(11)22/h2-5,8,11-12,14-17H,6-7H2,1H3/t8-,11-,12-,14-,15-,16+,17+/m1/s1. The molecule has 2 aliphatic carbocycles. The first-order valence-corrected chi connectivity index (χ1v) is 11.9. The number of nitrogens with zero attached hydrogens (tertiary/aromatic N) is 1. The Balaban J connectivity index is 1.42. The molecule has 6 nitrogen and oxygen atoms in total. The third kappa shape index (κ3) is 3.43. The summed E-state index contributed by atoms with van der Waals surface area (Å²) >= 11 is 10.6. The van der Waals surface area contributed by atoms with E-state index in [4.69, 9.17) is 4.74 Å². The first kappa shape index (κ1) is 21.2. The van der Waals surface area contributed by atoms with Gasteiger partial charge in [-0.15, -0.1) is 0 Å². The van der Waals surface area contributed by atoms with E-state index in [1.807, 2.05) is 0 Å². The fourth-order valence-electron chi connectivity index (χ4n) is 4.84. The van der Waals surface area contributed by atoms with Gasteiger partial charge in [-0.1, -0.05) is 59.9 Å². The highest BCUT2D eigenvalue weighted by atomic mass is 79.9. The number of alkyl halides is 2. The molecule has 3 aliphatic rings. The van der Waals surface area contributed by atoms with Crippen molar-refractivity contribution in [2.24, 2.45) is 23.7 Å². The van der Waals surface area contributed by atoms with Gasteiger partial charge in [-0.25, -0.2) is 4.79 Å². The third-order valence-electron chi connectivity index (χ3n) is 6.26. The van der Waals surface area contributed by atoms with Gasteiger partial charge in [-0.2, -0.15) is 0 Å². The van der Waals surface area contributed by atoms with E-state index in [2.05, 4.69) is 47.8 Å². The minimum absolute atomic E-state index is 0.0815. The van der Waals surface area contributed by atoms with Gasteiger partial charge in [0.25, 0.3) is 0 Å². The summed E-state index contributed by atoms with van der Waals surface area (Å²) in [5.74, 6) is -2.32. The molecular formula is C20H18Br3NO5. The van der Waals surface area contributed by atoms with Gasteiger partial charge in [0.15, 0.2) is 12.4 Å². The number of ketones is 1. The van der Waals surface area contributed by atoms with Crippen molar-refractivity contribution in [2.75, 3.05) is 6.61 Å². The van der Waals surface area contributed by atoms with Crippen molar-refractivity contribution < 1.29 is 23.9 Å². The zero-order valence-corrected chi connectivity index (χ0v) is 20.1. The summed E-state index contributed by atoms with van der Waals surface area (Å²) in [6.07, 6.45) is 0.826. The number of amides is 2. The molecule has 1 saturated heterocycles. The highest BCUT2D eigenvalue weighted by Gasteiger charge is 2.67. The molecule has 3 fully saturated rings. The Labute approximate surface area is 193 Å². The summed E-state index contributed by atoms with van der Waals surface area (Å²) in [4.78, 5) is 52.0. The molecule has 0 unspecified atom stereocenters. The number of halogens is 3. The van der Waals surface area contributed by atoms with Crippen LogP contribution in [0.3, 0.4) is 0 Å². The van der Waals surface area contributed by atoms with Gasteiger partial charge >= 0.3 is 5.97 Å². The average molecular weight is 592 g/mol. The smallest absolute Gasteiger partial charge is 0.329 e. The van der Waals surface area contributed by atoms with Crippen LogP contribution in [-0.4, -0.2) is 50.8 Å². The fraction of sp³-hybridized carbons (Fsp3) is 0.500. The lowest BCUT2D eigenvalue weighted by Crippen LogP contribution is -2.45. The molecule has 2 amide bonds. The van der Waals surface area contributed by atoms with Gasteiger partial charge in [0, 0.05) is 19.7 Å². The second-order valence-electron chi connectivity index (χ2n) is 7.76. The molecule has 0 N–H and O–H groups in total. The molecule has 9 heteroatoms. The van der Waals surface area contributed by atoms with Crippen LogP contribution in [0.4, 0.5) is 0 Å². The quantitative estimate of drug-likeness (QED) is 0.227. The SMILES string of the molecule is C[C@H](C(=O)OCC(=O)c1ccc(Br)cc1)N1C(=O)[C@@H]2[C@H]3C[C@@H]([C@H](Br)[C@H]3Br)[C@H]2C1=O. The van der Waals surface area contributed by atoms with E-state index in [-0.39, 0.29) is 50.9 Å². The maximum Gasteiger partial charge on any atom is 0.329 e. The van der Waals surface area contributed by atoms with E-state index < -0.39 is 18.6 Å². The van der Waals surface area contributed by atoms with Crippen molar-refractivity contribution in [3.63, 3.8) is 0 Å². The Kier molecular flexibility index (Phi) is 5.76. The molecular weight excluding hydrogens is 574 g/mol. The maximum atomic E-state index is 13.0. The van der Waals surface area contributed by atoms with Crippen LogP contribution in [0.1, 0.15) is 23.7 Å². The van der Waals surface area contributed by atoms with Crippen molar-refractivity contribution in [3.05, 3.63) is 34.3 Å². The van der Waals surface area contributed by atoms with E-state index in [9.17, 15) is 19.2 Å². The van der Waals surface area contributed by atoms with Crippen molar-refractivity contribution in [2.45, 2.75) is 29.0 Å². The number of Topliss-reactive ketones (excluding diaryl/α,β-unsaturated/α-hetero) is 1. The lowest BCUT2D eigenvalue weighted by Gasteiger charge is -2.28. The van der Waals surface area contributed by atoms with E-state index >= 15 is 0 Å². The fourth-order valence-corrected chi connectivity index (χ4v) is 6.97. The zero-order chi connectivity index (χ0) is 21.0. The number of rotatable bonds is 5. The van der Waals surface area contributed by atoms with Gasteiger partial charge < -0.3 is 4.74 Å².